The van der Waals surface area contributed by atoms with Gasteiger partial charge in [0.2, 0.25) is 0 Å². The van der Waals surface area contributed by atoms with Gasteiger partial charge in [-0.1, -0.05) is 25.1 Å². The number of urea groups is 1. The van der Waals surface area contributed by atoms with Crippen molar-refractivity contribution in [3.05, 3.63) is 72.7 Å². The Hall–Kier alpha value is -3.15. The van der Waals surface area contributed by atoms with Crippen LogP contribution in [0, 0.1) is 0 Å². The zero-order valence-electron chi connectivity index (χ0n) is 15.0. The molecule has 3 rings (SSSR count). The Balaban J connectivity index is 1.74. The van der Waals surface area contributed by atoms with E-state index in [1.165, 1.54) is 0 Å². The van der Waals surface area contributed by atoms with Gasteiger partial charge in [0.15, 0.2) is 5.82 Å². The Kier molecular flexibility index (Phi) is 5.63. The van der Waals surface area contributed by atoms with E-state index in [9.17, 15) is 4.79 Å². The molecule has 1 N–H and O–H groups in total. The van der Waals surface area contributed by atoms with Gasteiger partial charge in [-0.25, -0.2) is 9.48 Å². The lowest BCUT2D eigenvalue weighted by Gasteiger charge is -2.30. The molecular weight excluding hydrogens is 326 g/mol. The Bertz CT molecular complexity index is 832. The zero-order chi connectivity index (χ0) is 18.4. The largest absolute Gasteiger partial charge is 0.323 e. The lowest BCUT2D eigenvalue weighted by molar-refractivity contribution is 0.190. The zero-order valence-corrected chi connectivity index (χ0v) is 15.0. The van der Waals surface area contributed by atoms with Crippen molar-refractivity contribution in [3.63, 3.8) is 0 Å². The van der Waals surface area contributed by atoms with Crippen molar-refractivity contribution in [3.8, 4) is 5.69 Å². The quantitative estimate of drug-likeness (QED) is 0.723. The summed E-state index contributed by atoms with van der Waals surface area (Å²) in [5.41, 5.74) is 2.03. The fourth-order valence-electron chi connectivity index (χ4n) is 3.02. The predicted octanol–water partition coefficient (Wildman–Crippen LogP) is 4.27. The summed E-state index contributed by atoms with van der Waals surface area (Å²) in [4.78, 5) is 18.7. The molecule has 0 bridgehead atoms. The van der Waals surface area contributed by atoms with Gasteiger partial charge in [0.05, 0.1) is 11.7 Å². The summed E-state index contributed by atoms with van der Waals surface area (Å²) < 4.78 is 1.74. The van der Waals surface area contributed by atoms with Crippen LogP contribution in [0.5, 0.6) is 0 Å². The van der Waals surface area contributed by atoms with Gasteiger partial charge in [0.1, 0.15) is 0 Å². The van der Waals surface area contributed by atoms with Crippen molar-refractivity contribution < 1.29 is 4.79 Å². The minimum atomic E-state index is -0.158. The van der Waals surface area contributed by atoms with E-state index in [0.717, 1.165) is 17.7 Å². The van der Waals surface area contributed by atoms with Gasteiger partial charge in [-0.3, -0.25) is 10.3 Å². The number of pyridine rings is 1. The van der Waals surface area contributed by atoms with Crippen LogP contribution in [0.4, 0.5) is 10.6 Å². The minimum absolute atomic E-state index is 0.000732. The first-order valence-electron chi connectivity index (χ1n) is 8.81. The lowest BCUT2D eigenvalue weighted by Crippen LogP contribution is -2.38. The van der Waals surface area contributed by atoms with Gasteiger partial charge in [0, 0.05) is 31.2 Å². The molecule has 1 atom stereocenters. The monoisotopic (exact) mass is 349 g/mol. The van der Waals surface area contributed by atoms with Crippen LogP contribution in [0.25, 0.3) is 5.69 Å². The van der Waals surface area contributed by atoms with Gasteiger partial charge < -0.3 is 4.90 Å². The Morgan fingerprint density at radius 2 is 1.85 bits per heavy atom. The van der Waals surface area contributed by atoms with Crippen molar-refractivity contribution in [2.45, 2.75) is 26.3 Å². The van der Waals surface area contributed by atoms with Gasteiger partial charge in [0.25, 0.3) is 0 Å². The highest BCUT2D eigenvalue weighted by molar-refractivity contribution is 5.88. The predicted molar refractivity (Wildman–Crippen MR) is 102 cm³/mol. The summed E-state index contributed by atoms with van der Waals surface area (Å²) in [7, 11) is 0. The highest BCUT2D eigenvalue weighted by Gasteiger charge is 2.23. The molecule has 0 saturated carbocycles. The first-order valence-corrected chi connectivity index (χ1v) is 8.81. The molecule has 0 spiro atoms. The number of nitrogens with zero attached hydrogens (tertiary/aromatic N) is 4. The van der Waals surface area contributed by atoms with Crippen LogP contribution in [0.15, 0.2) is 67.1 Å². The summed E-state index contributed by atoms with van der Waals surface area (Å²) in [6.07, 6.45) is 6.17. The number of para-hydroxylation sites is 1. The van der Waals surface area contributed by atoms with E-state index in [1.54, 1.807) is 23.1 Å². The second-order valence-electron chi connectivity index (χ2n) is 5.90. The molecule has 0 saturated heterocycles. The molecule has 1 aromatic carbocycles. The molecule has 0 unspecified atom stereocenters. The summed E-state index contributed by atoms with van der Waals surface area (Å²) in [6, 6.07) is 15.3. The number of hydrogen-bond donors (Lipinski definition) is 1. The number of amides is 2. The maximum Gasteiger partial charge on any atom is 0.323 e. The van der Waals surface area contributed by atoms with E-state index in [4.69, 9.17) is 0 Å². The van der Waals surface area contributed by atoms with E-state index in [1.807, 2.05) is 60.5 Å². The average Bonchev–Trinajstić information content (AvgIpc) is 3.15. The van der Waals surface area contributed by atoms with Crippen molar-refractivity contribution in [1.82, 2.24) is 19.7 Å². The van der Waals surface area contributed by atoms with Crippen LogP contribution < -0.4 is 5.32 Å². The fraction of sp³-hybridized carbons (Fsp3) is 0.250. The highest BCUT2D eigenvalue weighted by Crippen LogP contribution is 2.24. The van der Waals surface area contributed by atoms with Crippen LogP contribution in [0.3, 0.4) is 0 Å². The number of anilines is 1. The molecule has 0 radical (unpaired) electrons. The number of benzene rings is 1. The first-order chi connectivity index (χ1) is 12.7. The third-order valence-electron chi connectivity index (χ3n) is 4.30. The van der Waals surface area contributed by atoms with Crippen LogP contribution >= 0.6 is 0 Å². The number of hydrogen-bond acceptors (Lipinski definition) is 3. The second-order valence-corrected chi connectivity index (χ2v) is 5.90. The molecule has 3 aromatic rings. The normalized spacial score (nSPS) is 11.8. The molecule has 2 amide bonds. The Morgan fingerprint density at radius 1 is 1.12 bits per heavy atom. The molecule has 2 aromatic heterocycles. The van der Waals surface area contributed by atoms with Crippen molar-refractivity contribution in [2.24, 2.45) is 0 Å². The van der Waals surface area contributed by atoms with Crippen LogP contribution in [-0.4, -0.2) is 32.2 Å². The van der Waals surface area contributed by atoms with E-state index >= 15 is 0 Å². The maximum atomic E-state index is 12.8. The molecular formula is C20H23N5O. The first kappa shape index (κ1) is 17.7. The van der Waals surface area contributed by atoms with Crippen LogP contribution in [0.1, 0.15) is 31.9 Å². The molecule has 0 aliphatic carbocycles. The molecule has 0 aliphatic rings. The van der Waals surface area contributed by atoms with Crippen molar-refractivity contribution >= 4 is 11.8 Å². The summed E-state index contributed by atoms with van der Waals surface area (Å²) in [5, 5.41) is 7.35. The third kappa shape index (κ3) is 3.91. The van der Waals surface area contributed by atoms with Gasteiger partial charge in [-0.05, 0) is 43.2 Å². The van der Waals surface area contributed by atoms with Gasteiger partial charge in [-0.2, -0.15) is 0 Å². The molecule has 134 valence electrons. The van der Waals surface area contributed by atoms with E-state index in [2.05, 4.69) is 22.3 Å². The lowest BCUT2D eigenvalue weighted by atomic mass is 10.0. The second kappa shape index (κ2) is 8.29. The minimum Gasteiger partial charge on any atom is -0.318 e. The Morgan fingerprint density at radius 3 is 2.50 bits per heavy atom. The van der Waals surface area contributed by atoms with E-state index in [0.29, 0.717) is 12.4 Å². The summed E-state index contributed by atoms with van der Waals surface area (Å²) in [5.74, 6) is 0.530. The van der Waals surface area contributed by atoms with Crippen LogP contribution in [-0.2, 0) is 0 Å². The topological polar surface area (TPSA) is 63.1 Å². The summed E-state index contributed by atoms with van der Waals surface area (Å²) in [6.45, 7) is 4.66. The highest BCUT2D eigenvalue weighted by atomic mass is 16.2. The number of carbonyl (C=O) groups excluding carboxylic acids is 1. The standard InChI is InChI=1S/C20H23N5O/c1-3-18(16-10-13-21-14-11-16)24(4-2)20(26)22-19-12-15-25(23-19)17-8-6-5-7-9-17/h5-15,18H,3-4H2,1-2H3,(H,22,23,26)/t18-/m1/s1. The smallest absolute Gasteiger partial charge is 0.318 e. The van der Waals surface area contributed by atoms with Gasteiger partial charge in [-0.15, -0.1) is 5.10 Å². The van der Waals surface area contributed by atoms with E-state index < -0.39 is 0 Å². The Labute approximate surface area is 153 Å². The SMILES string of the molecule is CC[C@H](c1ccncc1)N(CC)C(=O)Nc1ccn(-c2ccccc2)n1. The molecule has 6 heteroatoms. The molecule has 0 fully saturated rings. The average molecular weight is 349 g/mol. The number of rotatable bonds is 6. The van der Waals surface area contributed by atoms with Crippen LogP contribution in [0.2, 0.25) is 0 Å². The molecule has 6 nitrogen and oxygen atoms in total. The number of aromatic nitrogens is 3. The molecule has 0 aliphatic heterocycles. The van der Waals surface area contributed by atoms with Crippen molar-refractivity contribution in [2.75, 3.05) is 11.9 Å². The van der Waals surface area contributed by atoms with Gasteiger partial charge >= 0.3 is 6.03 Å². The maximum absolute atomic E-state index is 12.8. The fourth-order valence-corrected chi connectivity index (χ4v) is 3.02. The molecule has 26 heavy (non-hydrogen) atoms. The van der Waals surface area contributed by atoms with Crippen molar-refractivity contribution in [1.29, 1.82) is 0 Å². The van der Waals surface area contributed by atoms with E-state index in [-0.39, 0.29) is 12.1 Å². The number of nitrogens with one attached hydrogen (secondary N) is 1. The molecule has 2 heterocycles. The number of carbonyl (C=O) groups is 1. The third-order valence-corrected chi connectivity index (χ3v) is 4.30. The summed E-state index contributed by atoms with van der Waals surface area (Å²) >= 11 is 0.